The first-order chi connectivity index (χ1) is 9.56. The van der Waals surface area contributed by atoms with Gasteiger partial charge in [-0.3, -0.25) is 0 Å². The number of benzene rings is 2. The molecule has 0 amide bonds. The lowest BCUT2D eigenvalue weighted by atomic mass is 10.1. The zero-order valence-corrected chi connectivity index (χ0v) is 13.0. The summed E-state index contributed by atoms with van der Waals surface area (Å²) in [5, 5.41) is 4.13. The van der Waals surface area contributed by atoms with Crippen LogP contribution >= 0.6 is 11.6 Å². The van der Waals surface area contributed by atoms with Gasteiger partial charge in [-0.2, -0.15) is 0 Å². The minimum atomic E-state index is 0.765. The van der Waals surface area contributed by atoms with Gasteiger partial charge in [0.1, 0.15) is 0 Å². The van der Waals surface area contributed by atoms with Crippen LogP contribution in [0.15, 0.2) is 42.5 Å². The van der Waals surface area contributed by atoms with Crippen LogP contribution in [0, 0.1) is 13.8 Å². The maximum atomic E-state index is 6.12. The molecule has 0 radical (unpaired) electrons. The highest BCUT2D eigenvalue weighted by molar-refractivity contribution is 6.33. The fraction of sp³-hybridized carbons (Fsp3) is 0.294. The third-order valence-electron chi connectivity index (χ3n) is 3.28. The molecule has 0 saturated heterocycles. The molecular weight excluding hydrogens is 268 g/mol. The minimum Gasteiger partial charge on any atom is -0.382 e. The summed E-state index contributed by atoms with van der Waals surface area (Å²) in [5.41, 5.74) is 4.84. The van der Waals surface area contributed by atoms with E-state index in [0.717, 1.165) is 23.8 Å². The highest BCUT2D eigenvalue weighted by atomic mass is 35.5. The van der Waals surface area contributed by atoms with Gasteiger partial charge in [0.2, 0.25) is 0 Å². The second kappa shape index (κ2) is 6.67. The van der Waals surface area contributed by atoms with Gasteiger partial charge in [-0.1, -0.05) is 29.8 Å². The van der Waals surface area contributed by atoms with E-state index in [1.807, 2.05) is 24.3 Å². The van der Waals surface area contributed by atoms with Crippen LogP contribution in [0.2, 0.25) is 5.02 Å². The minimum absolute atomic E-state index is 0.765. The van der Waals surface area contributed by atoms with Crippen molar-refractivity contribution in [3.05, 3.63) is 58.6 Å². The molecule has 0 bridgehead atoms. The largest absolute Gasteiger partial charge is 0.382 e. The van der Waals surface area contributed by atoms with Crippen LogP contribution < -0.4 is 10.2 Å². The molecule has 2 nitrogen and oxygen atoms in total. The molecule has 0 aliphatic carbocycles. The Morgan fingerprint density at radius 1 is 1.05 bits per heavy atom. The van der Waals surface area contributed by atoms with E-state index in [0.29, 0.717) is 0 Å². The number of likely N-dealkylation sites (N-methyl/N-ethyl adjacent to an activating group) is 1. The zero-order valence-electron chi connectivity index (χ0n) is 12.3. The summed E-state index contributed by atoms with van der Waals surface area (Å²) in [7, 11) is 2.11. The van der Waals surface area contributed by atoms with Crippen molar-refractivity contribution in [3.8, 4) is 0 Å². The molecular formula is C17H21ClN2. The lowest BCUT2D eigenvalue weighted by molar-refractivity contribution is 0.913. The van der Waals surface area contributed by atoms with Crippen LogP contribution in [-0.4, -0.2) is 20.1 Å². The summed E-state index contributed by atoms with van der Waals surface area (Å²) in [6.45, 7) is 6.04. The monoisotopic (exact) mass is 288 g/mol. The highest BCUT2D eigenvalue weighted by Gasteiger charge is 2.03. The number of aryl methyl sites for hydroxylation is 2. The SMILES string of the molecule is Cc1cc(C)cc(N(C)CCNc2ccccc2Cl)c1. The Morgan fingerprint density at radius 2 is 1.70 bits per heavy atom. The first-order valence-corrected chi connectivity index (χ1v) is 7.22. The Hall–Kier alpha value is -1.67. The molecule has 2 aromatic rings. The standard InChI is InChI=1S/C17H21ClN2/c1-13-10-14(2)12-15(11-13)20(3)9-8-19-17-7-5-4-6-16(17)18/h4-7,10-12,19H,8-9H2,1-3H3. The van der Waals surface area contributed by atoms with Crippen LogP contribution in [0.5, 0.6) is 0 Å². The van der Waals surface area contributed by atoms with Crippen molar-refractivity contribution in [1.82, 2.24) is 0 Å². The fourth-order valence-electron chi connectivity index (χ4n) is 2.26. The normalized spacial score (nSPS) is 10.4. The number of nitrogens with one attached hydrogen (secondary N) is 1. The van der Waals surface area contributed by atoms with E-state index in [2.05, 4.69) is 49.3 Å². The highest BCUT2D eigenvalue weighted by Crippen LogP contribution is 2.20. The summed E-state index contributed by atoms with van der Waals surface area (Å²) in [6, 6.07) is 14.4. The summed E-state index contributed by atoms with van der Waals surface area (Å²) in [5.74, 6) is 0. The van der Waals surface area contributed by atoms with Gasteiger partial charge in [0.05, 0.1) is 10.7 Å². The quantitative estimate of drug-likeness (QED) is 0.871. The van der Waals surface area contributed by atoms with Crippen molar-refractivity contribution in [2.45, 2.75) is 13.8 Å². The molecule has 0 fully saturated rings. The lowest BCUT2D eigenvalue weighted by Gasteiger charge is -2.21. The third-order valence-corrected chi connectivity index (χ3v) is 3.61. The maximum absolute atomic E-state index is 6.12. The van der Waals surface area contributed by atoms with Crippen LogP contribution in [0.3, 0.4) is 0 Å². The van der Waals surface area contributed by atoms with E-state index in [1.54, 1.807) is 0 Å². The summed E-state index contributed by atoms with van der Waals surface area (Å²) in [4.78, 5) is 2.25. The number of hydrogen-bond acceptors (Lipinski definition) is 2. The van der Waals surface area contributed by atoms with E-state index in [9.17, 15) is 0 Å². The Balaban J connectivity index is 1.92. The number of anilines is 2. The number of para-hydroxylation sites is 1. The zero-order chi connectivity index (χ0) is 14.5. The molecule has 0 spiro atoms. The molecule has 0 saturated carbocycles. The van der Waals surface area contributed by atoms with Crippen LogP contribution in [0.1, 0.15) is 11.1 Å². The van der Waals surface area contributed by atoms with E-state index in [1.165, 1.54) is 16.8 Å². The average Bonchev–Trinajstić information content (AvgIpc) is 2.39. The molecule has 0 aliphatic rings. The first-order valence-electron chi connectivity index (χ1n) is 6.84. The molecule has 20 heavy (non-hydrogen) atoms. The first kappa shape index (κ1) is 14.7. The van der Waals surface area contributed by atoms with Crippen molar-refractivity contribution < 1.29 is 0 Å². The molecule has 2 rings (SSSR count). The summed E-state index contributed by atoms with van der Waals surface area (Å²) in [6.07, 6.45) is 0. The Bertz CT molecular complexity index is 561. The van der Waals surface area contributed by atoms with Gasteiger partial charge >= 0.3 is 0 Å². The number of halogens is 1. The van der Waals surface area contributed by atoms with Gasteiger partial charge in [0.15, 0.2) is 0 Å². The predicted molar refractivity (Wildman–Crippen MR) is 89.1 cm³/mol. The molecule has 1 N–H and O–H groups in total. The van der Waals surface area contributed by atoms with E-state index < -0.39 is 0 Å². The third kappa shape index (κ3) is 3.91. The molecule has 0 aromatic heterocycles. The van der Waals surface area contributed by atoms with Gasteiger partial charge in [-0.15, -0.1) is 0 Å². The summed E-state index contributed by atoms with van der Waals surface area (Å²) >= 11 is 6.12. The number of hydrogen-bond donors (Lipinski definition) is 1. The van der Waals surface area contributed by atoms with Crippen molar-refractivity contribution in [1.29, 1.82) is 0 Å². The van der Waals surface area contributed by atoms with Crippen LogP contribution in [-0.2, 0) is 0 Å². The molecule has 3 heteroatoms. The molecule has 0 aliphatic heterocycles. The van der Waals surface area contributed by atoms with Crippen LogP contribution in [0.4, 0.5) is 11.4 Å². The van der Waals surface area contributed by atoms with Gasteiger partial charge < -0.3 is 10.2 Å². The molecule has 0 unspecified atom stereocenters. The van der Waals surface area contributed by atoms with Gasteiger partial charge in [0, 0.05) is 25.8 Å². The Kier molecular flexibility index (Phi) is 4.91. The van der Waals surface area contributed by atoms with Crippen molar-refractivity contribution >= 4 is 23.0 Å². The van der Waals surface area contributed by atoms with Crippen molar-refractivity contribution in [2.75, 3.05) is 30.4 Å². The molecule has 0 atom stereocenters. The molecule has 0 heterocycles. The maximum Gasteiger partial charge on any atom is 0.0637 e. The Labute approximate surface area is 126 Å². The smallest absolute Gasteiger partial charge is 0.0637 e. The van der Waals surface area contributed by atoms with E-state index >= 15 is 0 Å². The van der Waals surface area contributed by atoms with E-state index in [4.69, 9.17) is 11.6 Å². The second-order valence-corrected chi connectivity index (χ2v) is 5.58. The van der Waals surface area contributed by atoms with Gasteiger partial charge in [0.25, 0.3) is 0 Å². The Morgan fingerprint density at radius 3 is 2.35 bits per heavy atom. The number of rotatable bonds is 5. The van der Waals surface area contributed by atoms with E-state index in [-0.39, 0.29) is 0 Å². The second-order valence-electron chi connectivity index (χ2n) is 5.17. The van der Waals surface area contributed by atoms with Gasteiger partial charge in [-0.25, -0.2) is 0 Å². The fourth-order valence-corrected chi connectivity index (χ4v) is 2.47. The molecule has 2 aromatic carbocycles. The van der Waals surface area contributed by atoms with Gasteiger partial charge in [-0.05, 0) is 49.2 Å². The van der Waals surface area contributed by atoms with Crippen molar-refractivity contribution in [2.24, 2.45) is 0 Å². The lowest BCUT2D eigenvalue weighted by Crippen LogP contribution is -2.24. The van der Waals surface area contributed by atoms with Crippen molar-refractivity contribution in [3.63, 3.8) is 0 Å². The molecule has 106 valence electrons. The predicted octanol–water partition coefficient (Wildman–Crippen LogP) is 4.51. The summed E-state index contributed by atoms with van der Waals surface area (Å²) < 4.78 is 0. The number of nitrogens with zero attached hydrogens (tertiary/aromatic N) is 1. The topological polar surface area (TPSA) is 15.3 Å². The average molecular weight is 289 g/mol. The van der Waals surface area contributed by atoms with Crippen LogP contribution in [0.25, 0.3) is 0 Å².